The zero-order valence-corrected chi connectivity index (χ0v) is 12.5. The third-order valence-electron chi connectivity index (χ3n) is 3.77. The van der Waals surface area contributed by atoms with E-state index in [1.165, 1.54) is 5.69 Å². The maximum absolute atomic E-state index is 11.4. The molecule has 2 heterocycles. The van der Waals surface area contributed by atoms with Crippen LogP contribution in [0.5, 0.6) is 0 Å². The summed E-state index contributed by atoms with van der Waals surface area (Å²) < 4.78 is 1.95. The maximum atomic E-state index is 11.4. The lowest BCUT2D eigenvalue weighted by molar-refractivity contribution is 0.177. The van der Waals surface area contributed by atoms with Gasteiger partial charge >= 0.3 is 6.03 Å². The Labute approximate surface area is 119 Å². The Hall–Kier alpha value is -1.63. The molecule has 1 atom stereocenters. The van der Waals surface area contributed by atoms with Gasteiger partial charge in [-0.1, -0.05) is 5.21 Å². The van der Waals surface area contributed by atoms with Gasteiger partial charge in [0.2, 0.25) is 0 Å². The van der Waals surface area contributed by atoms with E-state index < -0.39 is 0 Å². The van der Waals surface area contributed by atoms with Crippen LogP contribution in [0.4, 0.5) is 4.79 Å². The number of piperidine rings is 1. The van der Waals surface area contributed by atoms with E-state index in [2.05, 4.69) is 32.8 Å². The van der Waals surface area contributed by atoms with Crippen molar-refractivity contribution in [3.8, 4) is 0 Å². The molecular weight excluding hydrogens is 256 g/mol. The SMILES string of the molecule is CCn1nnc(C)c1CN1CCCC(NC(=O)NC)C1. The first kappa shape index (κ1) is 14.8. The van der Waals surface area contributed by atoms with Crippen molar-refractivity contribution < 1.29 is 4.79 Å². The lowest BCUT2D eigenvalue weighted by Gasteiger charge is -2.33. The van der Waals surface area contributed by atoms with Gasteiger partial charge in [0.05, 0.1) is 11.4 Å². The van der Waals surface area contributed by atoms with E-state index in [4.69, 9.17) is 0 Å². The van der Waals surface area contributed by atoms with E-state index in [0.717, 1.165) is 44.7 Å². The summed E-state index contributed by atoms with van der Waals surface area (Å²) in [5, 5.41) is 13.9. The summed E-state index contributed by atoms with van der Waals surface area (Å²) in [6, 6.07) is 0.114. The number of urea groups is 1. The summed E-state index contributed by atoms with van der Waals surface area (Å²) in [5.41, 5.74) is 2.17. The molecule has 1 aliphatic heterocycles. The van der Waals surface area contributed by atoms with E-state index in [-0.39, 0.29) is 12.1 Å². The minimum absolute atomic E-state index is 0.103. The van der Waals surface area contributed by atoms with Crippen molar-refractivity contribution in [1.29, 1.82) is 0 Å². The fourth-order valence-corrected chi connectivity index (χ4v) is 2.66. The minimum atomic E-state index is -0.103. The minimum Gasteiger partial charge on any atom is -0.341 e. The number of hydrogen-bond donors (Lipinski definition) is 2. The molecule has 1 aromatic rings. The largest absolute Gasteiger partial charge is 0.341 e. The highest BCUT2D eigenvalue weighted by Crippen LogP contribution is 2.15. The van der Waals surface area contributed by atoms with Crippen LogP contribution in [0.3, 0.4) is 0 Å². The summed E-state index contributed by atoms with van der Waals surface area (Å²) in [6.07, 6.45) is 2.13. The normalized spacial score (nSPS) is 19.9. The molecule has 2 N–H and O–H groups in total. The summed E-state index contributed by atoms with van der Waals surface area (Å²) in [5.74, 6) is 0. The molecule has 0 saturated carbocycles. The molecule has 0 aromatic carbocycles. The van der Waals surface area contributed by atoms with Gasteiger partial charge in [-0.25, -0.2) is 9.48 Å². The lowest BCUT2D eigenvalue weighted by atomic mass is 10.1. The Morgan fingerprint density at radius 1 is 1.50 bits per heavy atom. The first-order valence-electron chi connectivity index (χ1n) is 7.23. The number of carbonyl (C=O) groups is 1. The Morgan fingerprint density at radius 2 is 2.30 bits per heavy atom. The van der Waals surface area contributed by atoms with Crippen LogP contribution >= 0.6 is 0 Å². The van der Waals surface area contributed by atoms with Crippen molar-refractivity contribution in [3.63, 3.8) is 0 Å². The molecule has 1 unspecified atom stereocenters. The summed E-state index contributed by atoms with van der Waals surface area (Å²) in [7, 11) is 1.64. The summed E-state index contributed by atoms with van der Waals surface area (Å²) in [6.45, 7) is 7.69. The topological polar surface area (TPSA) is 75.1 Å². The number of amides is 2. The number of aromatic nitrogens is 3. The highest BCUT2D eigenvalue weighted by Gasteiger charge is 2.22. The zero-order valence-electron chi connectivity index (χ0n) is 12.5. The summed E-state index contributed by atoms with van der Waals surface area (Å²) in [4.78, 5) is 13.8. The van der Waals surface area contributed by atoms with Gasteiger partial charge in [0.25, 0.3) is 0 Å². The number of nitrogens with zero attached hydrogens (tertiary/aromatic N) is 4. The van der Waals surface area contributed by atoms with Gasteiger partial charge in [-0.05, 0) is 33.2 Å². The molecule has 7 nitrogen and oxygen atoms in total. The van der Waals surface area contributed by atoms with Crippen LogP contribution in [0.2, 0.25) is 0 Å². The predicted octanol–water partition coefficient (Wildman–Crippen LogP) is 0.500. The molecule has 1 fully saturated rings. The van der Waals surface area contributed by atoms with Crippen molar-refractivity contribution in [2.75, 3.05) is 20.1 Å². The van der Waals surface area contributed by atoms with Crippen molar-refractivity contribution in [2.24, 2.45) is 0 Å². The van der Waals surface area contributed by atoms with E-state index >= 15 is 0 Å². The van der Waals surface area contributed by atoms with Crippen LogP contribution in [0, 0.1) is 6.92 Å². The van der Waals surface area contributed by atoms with Crippen molar-refractivity contribution >= 4 is 6.03 Å². The third kappa shape index (κ3) is 3.47. The number of carbonyl (C=O) groups excluding carboxylic acids is 1. The Kier molecular flexibility index (Phi) is 4.94. The fraction of sp³-hybridized carbons (Fsp3) is 0.769. The Balaban J connectivity index is 1.95. The van der Waals surface area contributed by atoms with Crippen LogP contribution < -0.4 is 10.6 Å². The first-order valence-corrected chi connectivity index (χ1v) is 7.23. The van der Waals surface area contributed by atoms with Gasteiger partial charge in [0.1, 0.15) is 0 Å². The van der Waals surface area contributed by atoms with Crippen molar-refractivity contribution in [2.45, 2.75) is 45.8 Å². The second kappa shape index (κ2) is 6.69. The molecule has 1 aliphatic rings. The number of hydrogen-bond acceptors (Lipinski definition) is 4. The molecule has 2 amide bonds. The van der Waals surface area contributed by atoms with Gasteiger partial charge in [-0.2, -0.15) is 0 Å². The van der Waals surface area contributed by atoms with Gasteiger partial charge in [0.15, 0.2) is 0 Å². The molecule has 7 heteroatoms. The molecule has 2 rings (SSSR count). The maximum Gasteiger partial charge on any atom is 0.314 e. The second-order valence-electron chi connectivity index (χ2n) is 5.24. The third-order valence-corrected chi connectivity index (χ3v) is 3.77. The Bertz CT molecular complexity index is 458. The fourth-order valence-electron chi connectivity index (χ4n) is 2.66. The van der Waals surface area contributed by atoms with Gasteiger partial charge in [-0.15, -0.1) is 5.10 Å². The van der Waals surface area contributed by atoms with Crippen LogP contribution in [0.1, 0.15) is 31.2 Å². The Morgan fingerprint density at radius 3 is 3.00 bits per heavy atom. The molecule has 0 bridgehead atoms. The van der Waals surface area contributed by atoms with Crippen molar-refractivity contribution in [3.05, 3.63) is 11.4 Å². The van der Waals surface area contributed by atoms with Gasteiger partial charge in [0, 0.05) is 32.7 Å². The molecule has 1 aromatic heterocycles. The highest BCUT2D eigenvalue weighted by molar-refractivity contribution is 5.73. The molecule has 0 spiro atoms. The monoisotopic (exact) mass is 280 g/mol. The molecular formula is C13H24N6O. The molecule has 0 aliphatic carbocycles. The number of nitrogens with one attached hydrogen (secondary N) is 2. The van der Waals surface area contributed by atoms with E-state index in [1.54, 1.807) is 7.05 Å². The quantitative estimate of drug-likeness (QED) is 0.842. The van der Waals surface area contributed by atoms with E-state index in [9.17, 15) is 4.79 Å². The lowest BCUT2D eigenvalue weighted by Crippen LogP contribution is -2.49. The number of rotatable bonds is 4. The van der Waals surface area contributed by atoms with E-state index in [1.807, 2.05) is 11.6 Å². The standard InChI is InChI=1S/C13H24N6O/c1-4-19-12(10(2)16-17-19)9-18-7-5-6-11(8-18)15-13(20)14-3/h11H,4-9H2,1-3H3,(H2,14,15,20). The average molecular weight is 280 g/mol. The number of likely N-dealkylation sites (tertiary alicyclic amines) is 1. The summed E-state index contributed by atoms with van der Waals surface area (Å²) >= 11 is 0. The number of aryl methyl sites for hydroxylation is 2. The van der Waals surface area contributed by atoms with Gasteiger partial charge in [-0.3, -0.25) is 4.90 Å². The molecule has 1 saturated heterocycles. The van der Waals surface area contributed by atoms with Crippen LogP contribution in [-0.4, -0.2) is 52.1 Å². The molecule has 112 valence electrons. The van der Waals surface area contributed by atoms with Gasteiger partial charge < -0.3 is 10.6 Å². The van der Waals surface area contributed by atoms with Crippen molar-refractivity contribution in [1.82, 2.24) is 30.5 Å². The highest BCUT2D eigenvalue weighted by atomic mass is 16.2. The van der Waals surface area contributed by atoms with Crippen LogP contribution in [-0.2, 0) is 13.1 Å². The van der Waals surface area contributed by atoms with Crippen LogP contribution in [0.25, 0.3) is 0 Å². The molecule has 20 heavy (non-hydrogen) atoms. The smallest absolute Gasteiger partial charge is 0.314 e. The van der Waals surface area contributed by atoms with Crippen LogP contribution in [0.15, 0.2) is 0 Å². The average Bonchev–Trinajstić information content (AvgIpc) is 2.80. The molecule has 0 radical (unpaired) electrons. The predicted molar refractivity (Wildman–Crippen MR) is 76.3 cm³/mol. The zero-order chi connectivity index (χ0) is 14.5. The first-order chi connectivity index (χ1) is 9.63. The van der Waals surface area contributed by atoms with E-state index in [0.29, 0.717) is 0 Å². The second-order valence-corrected chi connectivity index (χ2v) is 5.24.